The zero-order valence-electron chi connectivity index (χ0n) is 22.5. The van der Waals surface area contributed by atoms with Crippen LogP contribution in [0.3, 0.4) is 0 Å². The maximum atomic E-state index is 2.55. The zero-order chi connectivity index (χ0) is 26.9. The first-order valence-electron chi connectivity index (χ1n) is 14.8. The Labute approximate surface area is 240 Å². The van der Waals surface area contributed by atoms with E-state index in [1.165, 1.54) is 88.1 Å². The number of rotatable bonds is 0. The first kappa shape index (κ1) is 20.5. The SMILES string of the molecule is c1ccc2c(c1)-c1ccccc1C21c2ccc3ccc4ccc[n+]5c4c3c2[N+]52c3c1ccc1ccc4ccc[n+]2c4c31. The van der Waals surface area contributed by atoms with Crippen LogP contribution in [0, 0.1) is 0 Å². The quantitative estimate of drug-likeness (QED) is 0.107. The monoisotopic (exact) mass is 532 g/mol. The van der Waals surface area contributed by atoms with Crippen LogP contribution in [0.4, 0.5) is 11.4 Å². The van der Waals surface area contributed by atoms with Crippen molar-refractivity contribution in [1.82, 2.24) is 4.70 Å². The number of quaternary nitrogens is 1. The molecule has 42 heavy (non-hydrogen) atoms. The van der Waals surface area contributed by atoms with Gasteiger partial charge in [0.2, 0.25) is 12.4 Å². The molecule has 1 aliphatic carbocycles. The van der Waals surface area contributed by atoms with E-state index in [1.54, 1.807) is 0 Å². The van der Waals surface area contributed by atoms with Gasteiger partial charge in [0.25, 0.3) is 22.4 Å². The molecule has 0 fully saturated rings. The van der Waals surface area contributed by atoms with Crippen LogP contribution < -0.4 is 14.1 Å². The Bertz CT molecular complexity index is 2460. The zero-order valence-corrected chi connectivity index (χ0v) is 22.5. The molecule has 12 rings (SSSR count). The van der Waals surface area contributed by atoms with Gasteiger partial charge in [0.1, 0.15) is 10.8 Å². The average Bonchev–Trinajstić information content (AvgIpc) is 3.65. The number of aromatic nitrogens is 2. The van der Waals surface area contributed by atoms with Gasteiger partial charge in [-0.05, 0) is 57.3 Å². The van der Waals surface area contributed by atoms with E-state index in [1.807, 2.05) is 0 Å². The van der Waals surface area contributed by atoms with Gasteiger partial charge in [0.15, 0.2) is 4.70 Å². The van der Waals surface area contributed by atoms with Gasteiger partial charge >= 0.3 is 0 Å². The summed E-state index contributed by atoms with van der Waals surface area (Å²) >= 11 is 0. The summed E-state index contributed by atoms with van der Waals surface area (Å²) in [6.45, 7) is 0. The highest BCUT2D eigenvalue weighted by Crippen LogP contribution is 2.67. The van der Waals surface area contributed by atoms with Crippen molar-refractivity contribution in [2.45, 2.75) is 5.41 Å². The fourth-order valence-electron chi connectivity index (χ4n) is 9.51. The number of benzene rings is 6. The summed E-state index contributed by atoms with van der Waals surface area (Å²) < 4.78 is 5.63. The Hall–Kier alpha value is -5.38. The van der Waals surface area contributed by atoms with Crippen LogP contribution in [0.25, 0.3) is 54.5 Å². The van der Waals surface area contributed by atoms with Crippen molar-refractivity contribution in [3.63, 3.8) is 0 Å². The highest BCUT2D eigenvalue weighted by atomic mass is 15.9. The van der Waals surface area contributed by atoms with Crippen molar-refractivity contribution in [3.05, 3.63) is 156 Å². The molecular formula is C39H22N3+3. The minimum Gasteiger partial charge on any atom is -0.0619 e. The van der Waals surface area contributed by atoms with E-state index < -0.39 is 5.41 Å². The molecule has 2 spiro atoms. The van der Waals surface area contributed by atoms with Gasteiger partial charge in [-0.25, -0.2) is 0 Å². The maximum Gasteiger partial charge on any atom is 0.294 e. The molecule has 8 aromatic rings. The molecule has 0 bridgehead atoms. The van der Waals surface area contributed by atoms with Gasteiger partial charge < -0.3 is 0 Å². The van der Waals surface area contributed by atoms with Crippen LogP contribution in [0.5, 0.6) is 0 Å². The molecule has 0 saturated heterocycles. The van der Waals surface area contributed by atoms with Crippen LogP contribution in [0.1, 0.15) is 22.3 Å². The molecule has 0 unspecified atom stereocenters. The summed E-state index contributed by atoms with van der Waals surface area (Å²) in [4.78, 5) is 0. The molecule has 0 saturated carbocycles. The Morgan fingerprint density at radius 1 is 0.405 bits per heavy atom. The molecular weight excluding hydrogens is 510 g/mol. The molecule has 3 nitrogen and oxygen atoms in total. The normalized spacial score (nSPS) is 16.5. The fourth-order valence-corrected chi connectivity index (χ4v) is 9.51. The minimum atomic E-state index is -0.419. The van der Waals surface area contributed by atoms with Crippen LogP contribution in [-0.4, -0.2) is 0 Å². The first-order valence-corrected chi connectivity index (χ1v) is 14.8. The summed E-state index contributed by atoms with van der Waals surface area (Å²) in [5.74, 6) is 0. The van der Waals surface area contributed by atoms with E-state index in [2.05, 4.69) is 143 Å². The van der Waals surface area contributed by atoms with Crippen molar-refractivity contribution in [2.24, 2.45) is 0 Å². The van der Waals surface area contributed by atoms with Crippen LogP contribution in [-0.2, 0) is 5.41 Å². The van der Waals surface area contributed by atoms with E-state index in [4.69, 9.17) is 0 Å². The fraction of sp³-hybridized carbons (Fsp3) is 0.0256. The summed E-state index contributed by atoms with van der Waals surface area (Å²) in [6, 6.07) is 46.1. The van der Waals surface area contributed by atoms with E-state index in [-0.39, 0.29) is 0 Å². The maximum absolute atomic E-state index is 2.55. The van der Waals surface area contributed by atoms with Crippen molar-refractivity contribution in [3.8, 4) is 11.1 Å². The van der Waals surface area contributed by atoms with E-state index in [9.17, 15) is 0 Å². The highest BCUT2D eigenvalue weighted by Gasteiger charge is 2.73. The molecule has 0 N–H and O–H groups in total. The Morgan fingerprint density at radius 2 is 0.857 bits per heavy atom. The molecule has 0 atom stereocenters. The summed E-state index contributed by atoms with van der Waals surface area (Å²) in [5, 5.41) is 7.88. The lowest BCUT2D eigenvalue weighted by atomic mass is 9.64. The van der Waals surface area contributed by atoms with Gasteiger partial charge in [0.05, 0.1) is 25.5 Å². The molecule has 5 heterocycles. The van der Waals surface area contributed by atoms with Crippen LogP contribution in [0.15, 0.2) is 134 Å². The average molecular weight is 533 g/mol. The highest BCUT2D eigenvalue weighted by molar-refractivity contribution is 6.19. The number of hydrogen-bond donors (Lipinski definition) is 0. The van der Waals surface area contributed by atoms with Crippen molar-refractivity contribution >= 4 is 54.7 Å². The van der Waals surface area contributed by atoms with Crippen molar-refractivity contribution in [1.29, 1.82) is 0 Å². The molecule has 0 radical (unpaired) electrons. The lowest BCUT2D eigenvalue weighted by molar-refractivity contribution is -1.01. The topological polar surface area (TPSA) is 7.76 Å². The molecule has 4 aliphatic rings. The van der Waals surface area contributed by atoms with E-state index in [0.29, 0.717) is 4.70 Å². The van der Waals surface area contributed by atoms with E-state index in [0.717, 1.165) is 0 Å². The minimum absolute atomic E-state index is 0.419. The molecule has 3 heteroatoms. The predicted octanol–water partition coefficient (Wildman–Crippen LogP) is 7.74. The summed E-state index contributed by atoms with van der Waals surface area (Å²) in [6.07, 6.45) is 4.61. The lowest BCUT2D eigenvalue weighted by Gasteiger charge is -2.38. The molecule has 6 aromatic carbocycles. The molecule has 190 valence electrons. The third kappa shape index (κ3) is 1.77. The van der Waals surface area contributed by atoms with Gasteiger partial charge in [-0.15, -0.1) is 0 Å². The largest absolute Gasteiger partial charge is 0.294 e. The Morgan fingerprint density at radius 3 is 1.38 bits per heavy atom. The Balaban J connectivity index is 1.46. The van der Waals surface area contributed by atoms with Gasteiger partial charge in [-0.1, -0.05) is 84.9 Å². The first-order chi connectivity index (χ1) is 20.8. The lowest BCUT2D eigenvalue weighted by Crippen LogP contribution is -2.82. The second-order valence-electron chi connectivity index (χ2n) is 12.3. The smallest absolute Gasteiger partial charge is 0.0619 e. The van der Waals surface area contributed by atoms with Crippen LogP contribution >= 0.6 is 0 Å². The van der Waals surface area contributed by atoms with Crippen molar-refractivity contribution in [2.75, 3.05) is 0 Å². The predicted molar refractivity (Wildman–Crippen MR) is 166 cm³/mol. The second kappa shape index (κ2) is 6.25. The van der Waals surface area contributed by atoms with Crippen LogP contribution in [0.2, 0.25) is 0 Å². The standard InChI is InChI=1S/C39H22N3/c1-3-11-29-27(9-1)28-10-2-4-12-30(28)39(29)31-19-17-23-13-15-25-7-5-21-40-35(25)33(23)37(31)42(40)38-32(39)20-18-24-14-16-26-8-6-22-41(42)36(26)34(24)38/h1-22H/q+3. The molecule has 3 aliphatic heterocycles. The third-order valence-electron chi connectivity index (χ3n) is 10.8. The molecule has 2 aromatic heterocycles. The second-order valence-corrected chi connectivity index (χ2v) is 12.3. The summed E-state index contributed by atoms with van der Waals surface area (Å²) in [7, 11) is 0. The molecule has 0 amide bonds. The number of fused-ring (bicyclic) bond motifs is 7. The van der Waals surface area contributed by atoms with Gasteiger partial charge in [-0.3, -0.25) is 0 Å². The number of pyridine rings is 2. The number of nitrogens with zero attached hydrogens (tertiary/aromatic N) is 3. The Kier molecular flexibility index (Phi) is 3.05. The van der Waals surface area contributed by atoms with Crippen molar-refractivity contribution < 1.29 is 9.35 Å². The van der Waals surface area contributed by atoms with Gasteiger partial charge in [-0.2, -0.15) is 0 Å². The number of hydrogen-bond acceptors (Lipinski definition) is 0. The summed E-state index contributed by atoms with van der Waals surface area (Å²) in [5.41, 5.74) is 13.2. The van der Waals surface area contributed by atoms with E-state index >= 15 is 0 Å². The third-order valence-corrected chi connectivity index (χ3v) is 10.8. The van der Waals surface area contributed by atoms with Gasteiger partial charge in [0, 0.05) is 23.3 Å².